The molecule has 0 aliphatic heterocycles. The number of nitrogens with one attached hydrogen (secondary N) is 1. The number of amides is 1. The van der Waals surface area contributed by atoms with Crippen LogP contribution in [0.15, 0.2) is 71.8 Å². The van der Waals surface area contributed by atoms with Crippen LogP contribution in [-0.4, -0.2) is 29.5 Å². The van der Waals surface area contributed by atoms with Crippen molar-refractivity contribution in [2.75, 3.05) is 5.73 Å². The zero-order valence-electron chi connectivity index (χ0n) is 18.6. The molecular weight excluding hydrogens is 430 g/mol. The van der Waals surface area contributed by atoms with Crippen LogP contribution >= 0.6 is 0 Å². The summed E-state index contributed by atoms with van der Waals surface area (Å²) in [6.45, 7) is 3.54. The molecule has 0 spiro atoms. The molecule has 1 amide bonds. The molecule has 0 saturated carbocycles. The number of carbonyl (C=O) groups is 1. The highest BCUT2D eigenvalue weighted by atomic mass is 16.2. The van der Waals surface area contributed by atoms with Gasteiger partial charge < -0.3 is 11.1 Å². The molecule has 0 aliphatic carbocycles. The summed E-state index contributed by atoms with van der Waals surface area (Å²) in [7, 11) is 0. The van der Waals surface area contributed by atoms with E-state index in [1.807, 2.05) is 49.4 Å². The third kappa shape index (κ3) is 3.38. The lowest BCUT2D eigenvalue weighted by atomic mass is 10.1. The monoisotopic (exact) mass is 451 g/mol. The number of nitrogens with zero attached hydrogens (tertiary/aromatic N) is 5. The van der Waals surface area contributed by atoms with E-state index >= 15 is 0 Å². The molecule has 0 radical (unpaired) electrons. The maximum Gasteiger partial charge on any atom is 0.338 e. The lowest BCUT2D eigenvalue weighted by Crippen LogP contribution is -2.34. The molecule has 34 heavy (non-hydrogen) atoms. The summed E-state index contributed by atoms with van der Waals surface area (Å²) >= 11 is 0. The van der Waals surface area contributed by atoms with Crippen molar-refractivity contribution < 1.29 is 4.79 Å². The van der Waals surface area contributed by atoms with Crippen LogP contribution in [0.4, 0.5) is 5.82 Å². The van der Waals surface area contributed by atoms with Crippen molar-refractivity contribution in [3.05, 3.63) is 94.4 Å². The number of fused-ring (bicyclic) bond motifs is 2. The Balaban J connectivity index is 1.64. The molecule has 0 unspecified atom stereocenters. The molecule has 0 aliphatic rings. The SMILES string of the molecule is CC#Cc1ccc2cc([C@H](C)NC(=O)c3c(N)nn4cccnc34)n(-c3ccccc3)c(=O)n12. The first-order chi connectivity index (χ1) is 16.5. The van der Waals surface area contributed by atoms with Crippen molar-refractivity contribution in [2.24, 2.45) is 0 Å². The van der Waals surface area contributed by atoms with Gasteiger partial charge in [-0.3, -0.25) is 13.8 Å². The molecule has 0 bridgehead atoms. The zero-order chi connectivity index (χ0) is 23.8. The number of hydrogen-bond donors (Lipinski definition) is 2. The standard InChI is InChI=1S/C25H21N7O2/c1-3-8-17-11-12-19-15-20(32(25(34)31(17)19)18-9-5-4-6-10-18)16(2)28-24(33)21-22(26)29-30-14-7-13-27-23(21)30/h4-7,9-16H,1-2H3,(H2,26,29)(H,28,33)/t16-/m0/s1. The third-order valence-electron chi connectivity index (χ3n) is 5.56. The fourth-order valence-corrected chi connectivity index (χ4v) is 4.05. The number of aromatic nitrogens is 5. The van der Waals surface area contributed by atoms with Gasteiger partial charge in [-0.05, 0) is 56.2 Å². The molecule has 168 valence electrons. The number of nitrogens with two attached hydrogens (primary N) is 1. The molecule has 3 N–H and O–H groups in total. The number of nitrogen functional groups attached to an aromatic ring is 1. The van der Waals surface area contributed by atoms with Crippen LogP contribution < -0.4 is 16.7 Å². The van der Waals surface area contributed by atoms with Crippen LogP contribution in [0.25, 0.3) is 16.9 Å². The Morgan fingerprint density at radius 1 is 1.15 bits per heavy atom. The van der Waals surface area contributed by atoms with E-state index < -0.39 is 11.9 Å². The van der Waals surface area contributed by atoms with E-state index in [-0.39, 0.29) is 17.1 Å². The van der Waals surface area contributed by atoms with Crippen molar-refractivity contribution in [3.63, 3.8) is 0 Å². The van der Waals surface area contributed by atoms with Crippen LogP contribution in [0.3, 0.4) is 0 Å². The maximum absolute atomic E-state index is 13.7. The normalized spacial score (nSPS) is 11.8. The Bertz CT molecular complexity index is 1670. The molecule has 1 atom stereocenters. The quantitative estimate of drug-likeness (QED) is 0.408. The molecule has 5 rings (SSSR count). The summed E-state index contributed by atoms with van der Waals surface area (Å²) in [6.07, 6.45) is 3.24. The Labute approximate surface area is 194 Å². The number of hydrogen-bond acceptors (Lipinski definition) is 5. The number of anilines is 1. The minimum Gasteiger partial charge on any atom is -0.381 e. The van der Waals surface area contributed by atoms with E-state index in [2.05, 4.69) is 27.2 Å². The van der Waals surface area contributed by atoms with Crippen LogP contribution in [-0.2, 0) is 0 Å². The maximum atomic E-state index is 13.7. The zero-order valence-corrected chi connectivity index (χ0v) is 18.6. The predicted molar refractivity (Wildman–Crippen MR) is 129 cm³/mol. The first kappa shape index (κ1) is 21.0. The molecular formula is C25H21N7O2. The molecule has 0 saturated heterocycles. The highest BCUT2D eigenvalue weighted by molar-refractivity contribution is 6.04. The summed E-state index contributed by atoms with van der Waals surface area (Å²) in [5.74, 6) is 5.46. The largest absolute Gasteiger partial charge is 0.381 e. The van der Waals surface area contributed by atoms with Gasteiger partial charge in [0.05, 0.1) is 22.9 Å². The van der Waals surface area contributed by atoms with E-state index in [9.17, 15) is 9.59 Å². The minimum atomic E-state index is -0.543. The lowest BCUT2D eigenvalue weighted by Gasteiger charge is -2.20. The fraction of sp³-hybridized carbons (Fsp3) is 0.120. The van der Waals surface area contributed by atoms with Gasteiger partial charge >= 0.3 is 5.69 Å². The second-order valence-corrected chi connectivity index (χ2v) is 7.72. The molecule has 4 aromatic heterocycles. The summed E-state index contributed by atoms with van der Waals surface area (Å²) in [5, 5.41) is 7.11. The van der Waals surface area contributed by atoms with Gasteiger partial charge in [0.2, 0.25) is 0 Å². The lowest BCUT2D eigenvalue weighted by molar-refractivity contribution is 0.0941. The van der Waals surface area contributed by atoms with Gasteiger partial charge in [0.25, 0.3) is 5.91 Å². The van der Waals surface area contributed by atoms with Crippen LogP contribution in [0, 0.1) is 11.8 Å². The van der Waals surface area contributed by atoms with Crippen molar-refractivity contribution in [1.82, 2.24) is 28.9 Å². The van der Waals surface area contributed by atoms with Gasteiger partial charge in [-0.1, -0.05) is 24.1 Å². The predicted octanol–water partition coefficient (Wildman–Crippen LogP) is 2.58. The van der Waals surface area contributed by atoms with Crippen LogP contribution in [0.2, 0.25) is 0 Å². The highest BCUT2D eigenvalue weighted by Crippen LogP contribution is 2.22. The van der Waals surface area contributed by atoms with Crippen molar-refractivity contribution >= 4 is 22.9 Å². The van der Waals surface area contributed by atoms with Gasteiger partial charge in [0.15, 0.2) is 11.5 Å². The third-order valence-corrected chi connectivity index (χ3v) is 5.56. The number of benzene rings is 1. The summed E-state index contributed by atoms with van der Waals surface area (Å²) in [6, 6.07) is 15.9. The van der Waals surface area contributed by atoms with Crippen LogP contribution in [0.5, 0.6) is 0 Å². The first-order valence-electron chi connectivity index (χ1n) is 10.6. The van der Waals surface area contributed by atoms with E-state index in [0.29, 0.717) is 28.2 Å². The van der Waals surface area contributed by atoms with Crippen molar-refractivity contribution in [1.29, 1.82) is 0 Å². The highest BCUT2D eigenvalue weighted by Gasteiger charge is 2.23. The van der Waals surface area contributed by atoms with E-state index in [0.717, 1.165) is 0 Å². The molecule has 5 aromatic rings. The molecule has 1 aromatic carbocycles. The van der Waals surface area contributed by atoms with E-state index in [4.69, 9.17) is 5.73 Å². The minimum absolute atomic E-state index is 0.0775. The summed E-state index contributed by atoms with van der Waals surface area (Å²) in [4.78, 5) is 31.1. The summed E-state index contributed by atoms with van der Waals surface area (Å²) < 4.78 is 4.60. The fourth-order valence-electron chi connectivity index (χ4n) is 4.05. The molecule has 9 nitrogen and oxygen atoms in total. The Morgan fingerprint density at radius 2 is 1.94 bits per heavy atom. The van der Waals surface area contributed by atoms with Gasteiger partial charge in [0.1, 0.15) is 11.3 Å². The van der Waals surface area contributed by atoms with Gasteiger partial charge in [-0.2, -0.15) is 0 Å². The van der Waals surface area contributed by atoms with Gasteiger partial charge in [0, 0.05) is 12.4 Å². The molecule has 4 heterocycles. The average Bonchev–Trinajstić information content (AvgIpc) is 3.39. The number of carbonyl (C=O) groups excluding carboxylic acids is 1. The Morgan fingerprint density at radius 3 is 2.71 bits per heavy atom. The molecule has 0 fully saturated rings. The Kier molecular flexibility index (Phi) is 5.11. The van der Waals surface area contributed by atoms with Crippen molar-refractivity contribution in [2.45, 2.75) is 19.9 Å². The topological polar surface area (TPSA) is 112 Å². The number of rotatable bonds is 4. The Hall–Kier alpha value is -4.84. The van der Waals surface area contributed by atoms with Crippen molar-refractivity contribution in [3.8, 4) is 17.5 Å². The second kappa shape index (κ2) is 8.26. The average molecular weight is 451 g/mol. The van der Waals surface area contributed by atoms with Gasteiger partial charge in [-0.25, -0.2) is 14.3 Å². The van der Waals surface area contributed by atoms with Gasteiger partial charge in [-0.15, -0.1) is 5.10 Å². The van der Waals surface area contributed by atoms with Crippen LogP contribution in [0.1, 0.15) is 41.6 Å². The first-order valence-corrected chi connectivity index (χ1v) is 10.6. The number of para-hydroxylation sites is 1. The smallest absolute Gasteiger partial charge is 0.338 e. The van der Waals surface area contributed by atoms with E-state index in [1.54, 1.807) is 40.4 Å². The summed E-state index contributed by atoms with van der Waals surface area (Å²) in [5.41, 5.74) is 8.84. The second-order valence-electron chi connectivity index (χ2n) is 7.72. The van der Waals surface area contributed by atoms with E-state index in [1.165, 1.54) is 4.52 Å². The molecule has 9 heteroatoms.